The third-order valence-corrected chi connectivity index (χ3v) is 4.69. The third kappa shape index (κ3) is 6.57. The highest BCUT2D eigenvalue weighted by Crippen LogP contribution is 2.20. The standard InChI is InChI=1S/C16H28F3N3O2/c1-13-11-14(3-4-20-13)15(23)22-8-6-21(7-9-22)5-2-10-24-12-16(17,18)19/h13-14,20H,2-12H2,1H3/t13-,14-/m0/s1. The molecule has 0 aromatic heterocycles. The van der Waals surface area contributed by atoms with Gasteiger partial charge in [-0.05, 0) is 32.7 Å². The van der Waals surface area contributed by atoms with Crippen molar-refractivity contribution in [3.63, 3.8) is 0 Å². The zero-order valence-electron chi connectivity index (χ0n) is 14.3. The number of piperidine rings is 1. The zero-order valence-corrected chi connectivity index (χ0v) is 14.3. The highest BCUT2D eigenvalue weighted by molar-refractivity contribution is 5.79. The van der Waals surface area contributed by atoms with E-state index in [1.54, 1.807) is 0 Å². The molecule has 8 heteroatoms. The Kier molecular flexibility index (Phi) is 7.31. The van der Waals surface area contributed by atoms with E-state index in [4.69, 9.17) is 0 Å². The van der Waals surface area contributed by atoms with Crippen LogP contribution in [-0.4, -0.2) is 80.4 Å². The van der Waals surface area contributed by atoms with Gasteiger partial charge in [-0.15, -0.1) is 0 Å². The summed E-state index contributed by atoms with van der Waals surface area (Å²) in [5.74, 6) is 0.389. The molecule has 2 rings (SSSR count). The van der Waals surface area contributed by atoms with E-state index in [2.05, 4.69) is 21.9 Å². The van der Waals surface area contributed by atoms with Gasteiger partial charge in [-0.2, -0.15) is 13.2 Å². The first-order valence-corrected chi connectivity index (χ1v) is 8.74. The molecule has 0 spiro atoms. The summed E-state index contributed by atoms with van der Waals surface area (Å²) < 4.78 is 40.5. The average molecular weight is 351 g/mol. The van der Waals surface area contributed by atoms with Crippen molar-refractivity contribution in [3.05, 3.63) is 0 Å². The summed E-state index contributed by atoms with van der Waals surface area (Å²) in [5, 5.41) is 3.36. The monoisotopic (exact) mass is 351 g/mol. The fourth-order valence-corrected chi connectivity index (χ4v) is 3.38. The SMILES string of the molecule is C[C@H]1C[C@@H](C(=O)N2CCN(CCCOCC(F)(F)F)CC2)CCN1. The number of nitrogens with zero attached hydrogens (tertiary/aromatic N) is 2. The molecule has 2 saturated heterocycles. The molecule has 140 valence electrons. The van der Waals surface area contributed by atoms with Crippen molar-refractivity contribution in [2.24, 2.45) is 5.92 Å². The quantitative estimate of drug-likeness (QED) is 0.737. The van der Waals surface area contributed by atoms with E-state index in [0.717, 1.165) is 32.5 Å². The first-order chi connectivity index (χ1) is 11.3. The summed E-state index contributed by atoms with van der Waals surface area (Å²) in [4.78, 5) is 16.7. The highest BCUT2D eigenvalue weighted by Gasteiger charge is 2.30. The molecule has 2 aliphatic rings. The number of alkyl halides is 3. The Bertz CT molecular complexity index is 399. The second-order valence-electron chi connectivity index (χ2n) is 6.76. The topological polar surface area (TPSA) is 44.8 Å². The molecule has 0 unspecified atom stereocenters. The number of nitrogens with one attached hydrogen (secondary N) is 1. The molecular weight excluding hydrogens is 323 g/mol. The minimum absolute atomic E-state index is 0.117. The molecule has 2 aliphatic heterocycles. The van der Waals surface area contributed by atoms with E-state index in [1.807, 2.05) is 4.90 Å². The molecule has 5 nitrogen and oxygen atoms in total. The van der Waals surface area contributed by atoms with Crippen molar-refractivity contribution in [1.82, 2.24) is 15.1 Å². The number of ether oxygens (including phenoxy) is 1. The van der Waals surface area contributed by atoms with Gasteiger partial charge in [-0.25, -0.2) is 0 Å². The minimum Gasteiger partial charge on any atom is -0.372 e. The Morgan fingerprint density at radius 3 is 2.58 bits per heavy atom. The molecule has 0 aromatic carbocycles. The van der Waals surface area contributed by atoms with E-state index in [9.17, 15) is 18.0 Å². The van der Waals surface area contributed by atoms with Gasteiger partial charge in [-0.1, -0.05) is 0 Å². The first-order valence-electron chi connectivity index (χ1n) is 8.74. The summed E-state index contributed by atoms with van der Waals surface area (Å²) in [7, 11) is 0. The van der Waals surface area contributed by atoms with Crippen LogP contribution in [-0.2, 0) is 9.53 Å². The average Bonchev–Trinajstić information content (AvgIpc) is 2.53. The zero-order chi connectivity index (χ0) is 17.6. The summed E-state index contributed by atoms with van der Waals surface area (Å²) in [6.45, 7) is 5.64. The Morgan fingerprint density at radius 1 is 1.25 bits per heavy atom. The fourth-order valence-electron chi connectivity index (χ4n) is 3.38. The van der Waals surface area contributed by atoms with Crippen LogP contribution in [0.4, 0.5) is 13.2 Å². The number of hydrogen-bond acceptors (Lipinski definition) is 4. The van der Waals surface area contributed by atoms with E-state index in [-0.39, 0.29) is 18.4 Å². The molecule has 0 aliphatic carbocycles. The van der Waals surface area contributed by atoms with Crippen molar-refractivity contribution >= 4 is 5.91 Å². The van der Waals surface area contributed by atoms with Gasteiger partial charge in [0.1, 0.15) is 6.61 Å². The van der Waals surface area contributed by atoms with Crippen LogP contribution in [0.15, 0.2) is 0 Å². The Hall–Kier alpha value is -0.860. The largest absolute Gasteiger partial charge is 0.411 e. The van der Waals surface area contributed by atoms with Crippen LogP contribution in [0.3, 0.4) is 0 Å². The molecular formula is C16H28F3N3O2. The number of amides is 1. The lowest BCUT2D eigenvalue weighted by molar-refractivity contribution is -0.174. The lowest BCUT2D eigenvalue weighted by Crippen LogP contribution is -2.52. The Morgan fingerprint density at radius 2 is 1.96 bits per heavy atom. The molecule has 0 radical (unpaired) electrons. The molecule has 2 fully saturated rings. The summed E-state index contributed by atoms with van der Waals surface area (Å²) >= 11 is 0. The number of halogens is 3. The van der Waals surface area contributed by atoms with Crippen LogP contribution in [0.1, 0.15) is 26.2 Å². The van der Waals surface area contributed by atoms with Crippen molar-refractivity contribution in [2.45, 2.75) is 38.4 Å². The summed E-state index contributed by atoms with van der Waals surface area (Å²) in [5.41, 5.74) is 0. The van der Waals surface area contributed by atoms with E-state index in [0.29, 0.717) is 32.1 Å². The van der Waals surface area contributed by atoms with Gasteiger partial charge in [0.2, 0.25) is 5.91 Å². The molecule has 2 heterocycles. The first kappa shape index (κ1) is 19.5. The smallest absolute Gasteiger partial charge is 0.372 e. The molecule has 1 N–H and O–H groups in total. The lowest BCUT2D eigenvalue weighted by atomic mass is 9.92. The lowest BCUT2D eigenvalue weighted by Gasteiger charge is -2.38. The summed E-state index contributed by atoms with van der Waals surface area (Å²) in [6, 6.07) is 0.394. The van der Waals surface area contributed by atoms with Gasteiger partial charge < -0.3 is 15.0 Å². The van der Waals surface area contributed by atoms with Crippen LogP contribution >= 0.6 is 0 Å². The van der Waals surface area contributed by atoms with Crippen molar-refractivity contribution in [2.75, 3.05) is 52.5 Å². The Labute approximate surface area is 141 Å². The number of rotatable bonds is 6. The Balaban J connectivity index is 1.60. The van der Waals surface area contributed by atoms with Crippen LogP contribution in [0.5, 0.6) is 0 Å². The minimum atomic E-state index is -4.25. The molecule has 0 bridgehead atoms. The summed E-state index contributed by atoms with van der Waals surface area (Å²) in [6.07, 6.45) is -1.87. The number of piperazine rings is 1. The normalized spacial score (nSPS) is 26.6. The van der Waals surface area contributed by atoms with Gasteiger partial charge in [0.05, 0.1) is 0 Å². The van der Waals surface area contributed by atoms with Crippen molar-refractivity contribution in [1.29, 1.82) is 0 Å². The molecule has 24 heavy (non-hydrogen) atoms. The maximum Gasteiger partial charge on any atom is 0.411 e. The predicted molar refractivity (Wildman–Crippen MR) is 84.7 cm³/mol. The maximum atomic E-state index is 12.6. The molecule has 0 saturated carbocycles. The van der Waals surface area contributed by atoms with Gasteiger partial charge in [-0.3, -0.25) is 9.69 Å². The number of hydrogen-bond donors (Lipinski definition) is 1. The van der Waals surface area contributed by atoms with Crippen LogP contribution in [0, 0.1) is 5.92 Å². The van der Waals surface area contributed by atoms with Crippen molar-refractivity contribution in [3.8, 4) is 0 Å². The van der Waals surface area contributed by atoms with Gasteiger partial charge in [0.25, 0.3) is 0 Å². The molecule has 1 amide bonds. The van der Waals surface area contributed by atoms with Gasteiger partial charge in [0, 0.05) is 51.3 Å². The van der Waals surface area contributed by atoms with Gasteiger partial charge in [0.15, 0.2) is 0 Å². The number of carbonyl (C=O) groups is 1. The van der Waals surface area contributed by atoms with Crippen molar-refractivity contribution < 1.29 is 22.7 Å². The predicted octanol–water partition coefficient (Wildman–Crippen LogP) is 1.49. The third-order valence-electron chi connectivity index (χ3n) is 4.69. The maximum absolute atomic E-state index is 12.6. The van der Waals surface area contributed by atoms with E-state index in [1.165, 1.54) is 0 Å². The molecule has 0 aromatic rings. The highest BCUT2D eigenvalue weighted by atomic mass is 19.4. The number of carbonyl (C=O) groups excluding carboxylic acids is 1. The van der Waals surface area contributed by atoms with Crippen LogP contribution in [0.25, 0.3) is 0 Å². The molecule has 2 atom stereocenters. The van der Waals surface area contributed by atoms with Gasteiger partial charge >= 0.3 is 6.18 Å². The van der Waals surface area contributed by atoms with Crippen LogP contribution in [0.2, 0.25) is 0 Å². The second kappa shape index (κ2) is 9.01. The van der Waals surface area contributed by atoms with E-state index < -0.39 is 12.8 Å². The fraction of sp³-hybridized carbons (Fsp3) is 0.938. The van der Waals surface area contributed by atoms with Crippen LogP contribution < -0.4 is 5.32 Å². The second-order valence-corrected chi connectivity index (χ2v) is 6.76. The van der Waals surface area contributed by atoms with E-state index >= 15 is 0 Å².